The number of amides is 1. The number of primary amides is 1. The Hall–Kier alpha value is -2.11. The van der Waals surface area contributed by atoms with Crippen LogP contribution in [0.5, 0.6) is 0 Å². The number of aromatic nitrogens is 2. The van der Waals surface area contributed by atoms with Crippen LogP contribution >= 0.6 is 0 Å². The lowest BCUT2D eigenvalue weighted by Crippen LogP contribution is -2.39. The number of carbonyl (C=O) groups is 1. The van der Waals surface area contributed by atoms with Gasteiger partial charge in [-0.25, -0.2) is 9.37 Å². The van der Waals surface area contributed by atoms with E-state index in [2.05, 4.69) is 15.3 Å². The average molecular weight is 250 g/mol. The number of imidazole rings is 1. The Balaban J connectivity index is 2.28. The van der Waals surface area contributed by atoms with Crippen LogP contribution < -0.4 is 11.1 Å². The van der Waals surface area contributed by atoms with E-state index in [4.69, 9.17) is 5.73 Å². The van der Waals surface area contributed by atoms with Crippen LogP contribution in [0.3, 0.4) is 0 Å². The Morgan fingerprint density at radius 1 is 1.50 bits per heavy atom. The Kier molecular flexibility index (Phi) is 3.18. The Morgan fingerprint density at radius 3 is 2.83 bits per heavy atom. The molecule has 0 aliphatic carbocycles. The van der Waals surface area contributed by atoms with Gasteiger partial charge in [-0.05, 0) is 24.1 Å². The van der Waals surface area contributed by atoms with Crippen LogP contribution in [0.1, 0.15) is 13.8 Å². The largest absolute Gasteiger partial charge is 0.368 e. The first-order chi connectivity index (χ1) is 8.47. The number of nitrogens with zero attached hydrogens (tertiary/aromatic N) is 1. The first-order valence-electron chi connectivity index (χ1n) is 5.68. The second-order valence-corrected chi connectivity index (χ2v) is 4.52. The van der Waals surface area contributed by atoms with E-state index in [0.717, 1.165) is 0 Å². The van der Waals surface area contributed by atoms with Gasteiger partial charge in [0, 0.05) is 0 Å². The second kappa shape index (κ2) is 4.64. The number of hydrogen-bond acceptors (Lipinski definition) is 3. The molecule has 1 amide bonds. The number of nitrogens with two attached hydrogens (primary N) is 1. The van der Waals surface area contributed by atoms with Gasteiger partial charge in [0.15, 0.2) is 0 Å². The number of hydrogen-bond donors (Lipinski definition) is 3. The molecule has 1 heterocycles. The molecule has 0 saturated heterocycles. The van der Waals surface area contributed by atoms with E-state index in [1.807, 2.05) is 13.8 Å². The van der Waals surface area contributed by atoms with E-state index in [9.17, 15) is 9.18 Å². The van der Waals surface area contributed by atoms with Gasteiger partial charge in [-0.1, -0.05) is 13.8 Å². The minimum absolute atomic E-state index is 0.0347. The molecule has 0 spiro atoms. The summed E-state index contributed by atoms with van der Waals surface area (Å²) in [6.45, 7) is 3.76. The number of fused-ring (bicyclic) bond motifs is 1. The zero-order valence-corrected chi connectivity index (χ0v) is 10.2. The zero-order chi connectivity index (χ0) is 13.3. The predicted octanol–water partition coefficient (Wildman–Crippen LogP) is 1.62. The molecule has 1 aromatic carbocycles. The van der Waals surface area contributed by atoms with Gasteiger partial charge >= 0.3 is 0 Å². The molecule has 0 fully saturated rings. The molecular weight excluding hydrogens is 235 g/mol. The number of carbonyl (C=O) groups excluding carboxylic acids is 1. The Labute approximate surface area is 104 Å². The van der Waals surface area contributed by atoms with Gasteiger partial charge < -0.3 is 16.0 Å². The van der Waals surface area contributed by atoms with Crippen molar-refractivity contribution in [3.63, 3.8) is 0 Å². The highest BCUT2D eigenvalue weighted by molar-refractivity contribution is 5.84. The van der Waals surface area contributed by atoms with Gasteiger partial charge in [0.1, 0.15) is 11.9 Å². The summed E-state index contributed by atoms with van der Waals surface area (Å²) in [6.07, 6.45) is 0. The molecular formula is C12H15FN4O. The highest BCUT2D eigenvalue weighted by Crippen LogP contribution is 2.17. The summed E-state index contributed by atoms with van der Waals surface area (Å²) in [5.74, 6) is -0.342. The summed E-state index contributed by atoms with van der Waals surface area (Å²) >= 11 is 0. The third-order valence-corrected chi connectivity index (χ3v) is 2.71. The quantitative estimate of drug-likeness (QED) is 0.771. The lowest BCUT2D eigenvalue weighted by Gasteiger charge is -2.17. The maximum atomic E-state index is 13.0. The lowest BCUT2D eigenvalue weighted by atomic mass is 10.0. The van der Waals surface area contributed by atoms with Crippen molar-refractivity contribution in [2.45, 2.75) is 19.9 Å². The molecule has 0 radical (unpaired) electrons. The fourth-order valence-electron chi connectivity index (χ4n) is 1.76. The molecule has 5 nitrogen and oxygen atoms in total. The molecule has 2 rings (SSSR count). The summed E-state index contributed by atoms with van der Waals surface area (Å²) in [5, 5.41) is 2.92. The van der Waals surface area contributed by atoms with Gasteiger partial charge in [-0.2, -0.15) is 0 Å². The number of aromatic amines is 1. The van der Waals surface area contributed by atoms with Crippen LogP contribution in [-0.4, -0.2) is 21.9 Å². The standard InChI is InChI=1S/C12H15FN4O/c1-6(2)10(11(14)18)17-12-15-8-4-3-7(13)5-9(8)16-12/h3-6,10H,1-2H3,(H2,14,18)(H2,15,16,17). The van der Waals surface area contributed by atoms with Crippen molar-refractivity contribution in [2.24, 2.45) is 11.7 Å². The second-order valence-electron chi connectivity index (χ2n) is 4.52. The number of nitrogens with one attached hydrogen (secondary N) is 2. The molecule has 0 saturated carbocycles. The van der Waals surface area contributed by atoms with Crippen LogP contribution in [0.15, 0.2) is 18.2 Å². The highest BCUT2D eigenvalue weighted by Gasteiger charge is 2.20. The van der Waals surface area contributed by atoms with Crippen molar-refractivity contribution in [1.82, 2.24) is 9.97 Å². The van der Waals surface area contributed by atoms with Crippen molar-refractivity contribution in [1.29, 1.82) is 0 Å². The summed E-state index contributed by atoms with van der Waals surface area (Å²) in [5.41, 5.74) is 6.50. The third kappa shape index (κ3) is 2.42. The maximum absolute atomic E-state index is 13.0. The van der Waals surface area contributed by atoms with Crippen LogP contribution in [0, 0.1) is 11.7 Å². The lowest BCUT2D eigenvalue weighted by molar-refractivity contribution is -0.119. The maximum Gasteiger partial charge on any atom is 0.240 e. The average Bonchev–Trinajstić information content (AvgIpc) is 2.66. The number of H-pyrrole nitrogens is 1. The third-order valence-electron chi connectivity index (χ3n) is 2.71. The van der Waals surface area contributed by atoms with E-state index >= 15 is 0 Å². The fourth-order valence-corrected chi connectivity index (χ4v) is 1.76. The Morgan fingerprint density at radius 2 is 2.22 bits per heavy atom. The number of rotatable bonds is 4. The van der Waals surface area contributed by atoms with Gasteiger partial charge in [-0.15, -0.1) is 0 Å². The van der Waals surface area contributed by atoms with Crippen LogP contribution in [0.25, 0.3) is 11.0 Å². The molecule has 4 N–H and O–H groups in total. The van der Waals surface area contributed by atoms with Crippen LogP contribution in [-0.2, 0) is 4.79 Å². The number of halogens is 1. The SMILES string of the molecule is CC(C)C(Nc1nc2ccc(F)cc2[nH]1)C(N)=O. The van der Waals surface area contributed by atoms with E-state index in [0.29, 0.717) is 17.0 Å². The van der Waals surface area contributed by atoms with Gasteiger partial charge in [0.05, 0.1) is 11.0 Å². The molecule has 2 aromatic rings. The van der Waals surface area contributed by atoms with Crippen LogP contribution in [0.2, 0.25) is 0 Å². The molecule has 96 valence electrons. The predicted molar refractivity (Wildman–Crippen MR) is 67.5 cm³/mol. The van der Waals surface area contributed by atoms with Crippen molar-refractivity contribution < 1.29 is 9.18 Å². The van der Waals surface area contributed by atoms with Crippen molar-refractivity contribution in [2.75, 3.05) is 5.32 Å². The minimum atomic E-state index is -0.518. The zero-order valence-electron chi connectivity index (χ0n) is 10.2. The number of anilines is 1. The van der Waals surface area contributed by atoms with Crippen LogP contribution in [0.4, 0.5) is 10.3 Å². The molecule has 0 aliphatic rings. The van der Waals surface area contributed by atoms with Gasteiger partial charge in [0.25, 0.3) is 0 Å². The summed E-state index contributed by atoms with van der Waals surface area (Å²) in [4.78, 5) is 18.4. The van der Waals surface area contributed by atoms with E-state index in [1.165, 1.54) is 12.1 Å². The summed E-state index contributed by atoms with van der Waals surface area (Å²) in [7, 11) is 0. The Bertz CT molecular complexity index is 578. The van der Waals surface area contributed by atoms with Gasteiger partial charge in [-0.3, -0.25) is 4.79 Å². The van der Waals surface area contributed by atoms with E-state index < -0.39 is 11.9 Å². The van der Waals surface area contributed by atoms with Crippen molar-refractivity contribution >= 4 is 22.9 Å². The first-order valence-corrected chi connectivity index (χ1v) is 5.68. The molecule has 1 atom stereocenters. The van der Waals surface area contributed by atoms with E-state index in [1.54, 1.807) is 6.07 Å². The monoisotopic (exact) mass is 250 g/mol. The molecule has 0 bridgehead atoms. The molecule has 0 aliphatic heterocycles. The van der Waals surface area contributed by atoms with Gasteiger partial charge in [0.2, 0.25) is 11.9 Å². The molecule has 6 heteroatoms. The highest BCUT2D eigenvalue weighted by atomic mass is 19.1. The van der Waals surface area contributed by atoms with E-state index in [-0.39, 0.29) is 11.7 Å². The number of benzene rings is 1. The summed E-state index contributed by atoms with van der Waals surface area (Å²) < 4.78 is 13.0. The fraction of sp³-hybridized carbons (Fsp3) is 0.333. The first kappa shape index (κ1) is 12.3. The minimum Gasteiger partial charge on any atom is -0.368 e. The molecule has 1 unspecified atom stereocenters. The normalized spacial score (nSPS) is 12.9. The van der Waals surface area contributed by atoms with Crippen molar-refractivity contribution in [3.05, 3.63) is 24.0 Å². The molecule has 1 aromatic heterocycles. The van der Waals surface area contributed by atoms with Crippen molar-refractivity contribution in [3.8, 4) is 0 Å². The smallest absolute Gasteiger partial charge is 0.240 e. The topological polar surface area (TPSA) is 83.8 Å². The molecule has 18 heavy (non-hydrogen) atoms. The summed E-state index contributed by atoms with van der Waals surface area (Å²) in [6, 6.07) is 3.74.